The number of ether oxygens (including phenoxy) is 1. The summed E-state index contributed by atoms with van der Waals surface area (Å²) in [5, 5.41) is 6.45. The van der Waals surface area contributed by atoms with E-state index in [1.807, 2.05) is 6.26 Å². The molecule has 0 atom stereocenters. The van der Waals surface area contributed by atoms with Crippen molar-refractivity contribution in [1.29, 1.82) is 0 Å². The van der Waals surface area contributed by atoms with E-state index in [-0.39, 0.29) is 11.8 Å². The van der Waals surface area contributed by atoms with Gasteiger partial charge in [0.2, 0.25) is 0 Å². The minimum atomic E-state index is -0.282. The van der Waals surface area contributed by atoms with Gasteiger partial charge in [0.05, 0.1) is 30.0 Å². The lowest BCUT2D eigenvalue weighted by Crippen LogP contribution is -2.38. The van der Waals surface area contributed by atoms with Gasteiger partial charge in [-0.1, -0.05) is 12.1 Å². The zero-order valence-corrected chi connectivity index (χ0v) is 17.3. The van der Waals surface area contributed by atoms with E-state index in [1.165, 1.54) is 11.8 Å². The van der Waals surface area contributed by atoms with Crippen molar-refractivity contribution in [2.24, 2.45) is 0 Å². The number of hydrogen-bond acceptors (Lipinski definition) is 6. The van der Waals surface area contributed by atoms with E-state index >= 15 is 0 Å². The quantitative estimate of drug-likeness (QED) is 0.510. The first-order chi connectivity index (χ1) is 14.2. The third kappa shape index (κ3) is 6.03. The van der Waals surface area contributed by atoms with Crippen LogP contribution in [0.25, 0.3) is 0 Å². The maximum atomic E-state index is 12.7. The molecule has 7 nitrogen and oxygen atoms in total. The highest BCUT2D eigenvalue weighted by atomic mass is 32.2. The molecule has 1 aliphatic heterocycles. The maximum absolute atomic E-state index is 12.7. The second-order valence-electron chi connectivity index (χ2n) is 6.62. The highest BCUT2D eigenvalue weighted by Gasteiger charge is 2.16. The monoisotopic (exact) mass is 414 g/mol. The fraction of sp³-hybridized carbons (Fsp3) is 0.381. The number of rotatable bonds is 8. The molecule has 1 aromatic carbocycles. The van der Waals surface area contributed by atoms with Gasteiger partial charge in [-0.2, -0.15) is 0 Å². The molecule has 2 amide bonds. The average Bonchev–Trinajstić information content (AvgIpc) is 2.77. The Bertz CT molecular complexity index is 840. The van der Waals surface area contributed by atoms with Crippen molar-refractivity contribution >= 4 is 29.3 Å². The Morgan fingerprint density at radius 3 is 2.66 bits per heavy atom. The third-order valence-corrected chi connectivity index (χ3v) is 5.38. The van der Waals surface area contributed by atoms with Crippen LogP contribution in [-0.2, 0) is 4.74 Å². The van der Waals surface area contributed by atoms with Gasteiger partial charge in [-0.25, -0.2) is 4.98 Å². The number of benzene rings is 1. The average molecular weight is 415 g/mol. The van der Waals surface area contributed by atoms with E-state index in [0.29, 0.717) is 28.4 Å². The lowest BCUT2D eigenvalue weighted by Gasteiger charge is -2.26. The van der Waals surface area contributed by atoms with Gasteiger partial charge in [-0.05, 0) is 43.5 Å². The van der Waals surface area contributed by atoms with Gasteiger partial charge >= 0.3 is 0 Å². The minimum absolute atomic E-state index is 0.195. The number of thioether (sulfide) groups is 1. The summed E-state index contributed by atoms with van der Waals surface area (Å²) in [6, 6.07) is 10.5. The number of morpholine rings is 1. The number of hydrogen-bond donors (Lipinski definition) is 2. The lowest BCUT2D eigenvalue weighted by atomic mass is 10.1. The van der Waals surface area contributed by atoms with Gasteiger partial charge < -0.3 is 15.4 Å². The molecular weight excluding hydrogens is 388 g/mol. The Kier molecular flexibility index (Phi) is 8.03. The fourth-order valence-corrected chi connectivity index (χ4v) is 3.68. The molecule has 0 radical (unpaired) electrons. The highest BCUT2D eigenvalue weighted by Crippen LogP contribution is 2.20. The summed E-state index contributed by atoms with van der Waals surface area (Å²) in [7, 11) is 0. The van der Waals surface area contributed by atoms with E-state index in [1.54, 1.807) is 42.6 Å². The number of anilines is 1. The fourth-order valence-electron chi connectivity index (χ4n) is 3.13. The van der Waals surface area contributed by atoms with Crippen molar-refractivity contribution in [3.63, 3.8) is 0 Å². The zero-order chi connectivity index (χ0) is 20.5. The van der Waals surface area contributed by atoms with Gasteiger partial charge in [-0.15, -0.1) is 11.8 Å². The summed E-state index contributed by atoms with van der Waals surface area (Å²) in [6.07, 6.45) is 4.39. The van der Waals surface area contributed by atoms with Crippen molar-refractivity contribution < 1.29 is 14.3 Å². The summed E-state index contributed by atoms with van der Waals surface area (Å²) >= 11 is 1.41. The number of carbonyl (C=O) groups excluding carboxylic acids is 2. The summed E-state index contributed by atoms with van der Waals surface area (Å²) < 4.78 is 5.34. The molecule has 29 heavy (non-hydrogen) atoms. The predicted molar refractivity (Wildman–Crippen MR) is 115 cm³/mol. The molecule has 154 valence electrons. The molecule has 8 heteroatoms. The number of nitrogens with zero attached hydrogens (tertiary/aromatic N) is 2. The van der Waals surface area contributed by atoms with Crippen molar-refractivity contribution in [3.8, 4) is 0 Å². The zero-order valence-electron chi connectivity index (χ0n) is 16.5. The first-order valence-corrected chi connectivity index (χ1v) is 10.9. The van der Waals surface area contributed by atoms with Gasteiger partial charge in [0.1, 0.15) is 5.03 Å². The van der Waals surface area contributed by atoms with Gasteiger partial charge in [0, 0.05) is 25.8 Å². The highest BCUT2D eigenvalue weighted by molar-refractivity contribution is 7.98. The van der Waals surface area contributed by atoms with Gasteiger partial charge in [0.15, 0.2) is 0 Å². The molecule has 2 heterocycles. The van der Waals surface area contributed by atoms with Crippen molar-refractivity contribution in [1.82, 2.24) is 15.2 Å². The molecule has 1 saturated heterocycles. The Hall–Kier alpha value is -2.42. The van der Waals surface area contributed by atoms with Crippen LogP contribution in [0.3, 0.4) is 0 Å². The standard InChI is InChI=1S/C21H26N4O3S/c1-29-21-17(7-4-9-23-21)20(27)24-18-8-3-2-6-16(18)19(26)22-10-5-11-25-12-14-28-15-13-25/h2-4,6-9H,5,10-15H2,1H3,(H,22,26)(H,24,27). The van der Waals surface area contributed by atoms with Crippen LogP contribution in [0.5, 0.6) is 0 Å². The van der Waals surface area contributed by atoms with Crippen molar-refractivity contribution in [2.45, 2.75) is 11.4 Å². The predicted octanol–water partition coefficient (Wildman–Crippen LogP) is 2.51. The molecule has 1 fully saturated rings. The lowest BCUT2D eigenvalue weighted by molar-refractivity contribution is 0.0374. The summed E-state index contributed by atoms with van der Waals surface area (Å²) in [4.78, 5) is 31.9. The van der Waals surface area contributed by atoms with E-state index < -0.39 is 0 Å². The Morgan fingerprint density at radius 1 is 1.10 bits per heavy atom. The number of nitrogens with one attached hydrogen (secondary N) is 2. The summed E-state index contributed by atoms with van der Waals surface area (Å²) in [5.74, 6) is -0.478. The van der Waals surface area contributed by atoms with Crippen LogP contribution in [0, 0.1) is 0 Å². The second-order valence-corrected chi connectivity index (χ2v) is 7.42. The third-order valence-electron chi connectivity index (χ3n) is 4.67. The van der Waals surface area contributed by atoms with Crippen LogP contribution in [0.4, 0.5) is 5.69 Å². The largest absolute Gasteiger partial charge is 0.379 e. The molecule has 1 aliphatic rings. The first kappa shape index (κ1) is 21.3. The smallest absolute Gasteiger partial charge is 0.258 e. The Morgan fingerprint density at radius 2 is 1.86 bits per heavy atom. The van der Waals surface area contributed by atoms with Gasteiger partial charge in [0.25, 0.3) is 11.8 Å². The van der Waals surface area contributed by atoms with Crippen LogP contribution in [0.2, 0.25) is 0 Å². The number of aromatic nitrogens is 1. The van der Waals surface area contributed by atoms with Crippen LogP contribution in [-0.4, -0.2) is 67.3 Å². The van der Waals surface area contributed by atoms with Crippen LogP contribution in [0.15, 0.2) is 47.6 Å². The minimum Gasteiger partial charge on any atom is -0.379 e. The molecule has 0 saturated carbocycles. The molecule has 0 unspecified atom stereocenters. The molecule has 2 N–H and O–H groups in total. The Labute approximate surface area is 175 Å². The molecule has 0 bridgehead atoms. The number of para-hydroxylation sites is 1. The SMILES string of the molecule is CSc1ncccc1C(=O)Nc1ccccc1C(=O)NCCCN1CCOCC1. The molecule has 0 spiro atoms. The molecule has 2 aromatic rings. The van der Waals surface area contributed by atoms with Crippen LogP contribution in [0.1, 0.15) is 27.1 Å². The molecule has 1 aromatic heterocycles. The second kappa shape index (κ2) is 10.9. The molecular formula is C21H26N4O3S. The first-order valence-electron chi connectivity index (χ1n) is 9.66. The maximum Gasteiger partial charge on any atom is 0.258 e. The molecule has 3 rings (SSSR count). The van der Waals surface area contributed by atoms with E-state index in [9.17, 15) is 9.59 Å². The summed E-state index contributed by atoms with van der Waals surface area (Å²) in [6.45, 7) is 4.94. The van der Waals surface area contributed by atoms with Crippen molar-refractivity contribution in [3.05, 3.63) is 53.7 Å². The number of amides is 2. The normalized spacial score (nSPS) is 14.4. The Balaban J connectivity index is 1.57. The van der Waals surface area contributed by atoms with Crippen LogP contribution < -0.4 is 10.6 Å². The topological polar surface area (TPSA) is 83.6 Å². The van der Waals surface area contributed by atoms with Crippen molar-refractivity contribution in [2.75, 3.05) is 51.0 Å². The van der Waals surface area contributed by atoms with Gasteiger partial charge in [-0.3, -0.25) is 14.5 Å². The van der Waals surface area contributed by atoms with E-state index in [2.05, 4.69) is 20.5 Å². The molecule has 0 aliphatic carbocycles. The summed E-state index contributed by atoms with van der Waals surface area (Å²) in [5.41, 5.74) is 1.42. The van der Waals surface area contributed by atoms with Crippen LogP contribution >= 0.6 is 11.8 Å². The van der Waals surface area contributed by atoms with E-state index in [4.69, 9.17) is 4.74 Å². The number of pyridine rings is 1. The number of carbonyl (C=O) groups is 2. The van der Waals surface area contributed by atoms with E-state index in [0.717, 1.165) is 39.3 Å².